The fraction of sp³-hybridized carbons (Fsp3) is 0.278. The van der Waals surface area contributed by atoms with Crippen LogP contribution in [0.3, 0.4) is 0 Å². The lowest BCUT2D eigenvalue weighted by molar-refractivity contribution is -0.148. The van der Waals surface area contributed by atoms with Crippen molar-refractivity contribution in [2.45, 2.75) is 31.8 Å². The number of aromatic nitrogens is 2. The Morgan fingerprint density at radius 3 is 2.36 bits per heavy atom. The standard InChI is InChI=1S/C18H22N4O5S/c1-11-16(12(2)22(4)21-11)9-10-17(23)27-13(3)18(24)20-14-5-7-15(8-6-14)28(19,25)26/h5-10,13H,1-4H3,(H,20,24)(H2,19,25,26)/b10-9+/t13-/m1/s1. The lowest BCUT2D eigenvalue weighted by Crippen LogP contribution is -2.29. The van der Waals surface area contributed by atoms with E-state index in [0.29, 0.717) is 5.69 Å². The topological polar surface area (TPSA) is 133 Å². The Morgan fingerprint density at radius 1 is 1.25 bits per heavy atom. The first-order valence-electron chi connectivity index (χ1n) is 8.31. The number of carbonyl (C=O) groups is 2. The third-order valence-corrected chi connectivity index (χ3v) is 4.99. The number of hydrogen-bond acceptors (Lipinski definition) is 6. The molecular weight excluding hydrogens is 384 g/mol. The molecule has 3 N–H and O–H groups in total. The molecule has 0 aliphatic heterocycles. The zero-order chi connectivity index (χ0) is 21.1. The summed E-state index contributed by atoms with van der Waals surface area (Å²) in [6.45, 7) is 5.14. The average Bonchev–Trinajstić information content (AvgIpc) is 2.84. The van der Waals surface area contributed by atoms with Gasteiger partial charge in [0, 0.05) is 30.1 Å². The molecule has 150 valence electrons. The molecule has 0 aliphatic carbocycles. The largest absolute Gasteiger partial charge is 0.449 e. The monoisotopic (exact) mass is 406 g/mol. The number of nitrogens with one attached hydrogen (secondary N) is 1. The number of rotatable bonds is 6. The molecule has 0 fully saturated rings. The third kappa shape index (κ3) is 5.27. The number of benzene rings is 1. The summed E-state index contributed by atoms with van der Waals surface area (Å²) in [5.74, 6) is -1.23. The van der Waals surface area contributed by atoms with E-state index in [9.17, 15) is 18.0 Å². The quantitative estimate of drug-likeness (QED) is 0.548. The fourth-order valence-electron chi connectivity index (χ4n) is 2.42. The summed E-state index contributed by atoms with van der Waals surface area (Å²) in [6.07, 6.45) is 1.78. The number of nitrogens with two attached hydrogens (primary N) is 1. The molecule has 0 saturated heterocycles. The van der Waals surface area contributed by atoms with Gasteiger partial charge in [0.15, 0.2) is 6.10 Å². The molecular formula is C18H22N4O5S. The highest BCUT2D eigenvalue weighted by Crippen LogP contribution is 2.15. The first-order valence-corrected chi connectivity index (χ1v) is 9.86. The summed E-state index contributed by atoms with van der Waals surface area (Å²) in [7, 11) is -2.00. The van der Waals surface area contributed by atoms with E-state index in [1.165, 1.54) is 37.3 Å². The van der Waals surface area contributed by atoms with E-state index in [1.807, 2.05) is 13.8 Å². The Kier molecular flexibility index (Phi) is 6.37. The Balaban J connectivity index is 1.96. The van der Waals surface area contributed by atoms with E-state index in [4.69, 9.17) is 9.88 Å². The lowest BCUT2D eigenvalue weighted by atomic mass is 10.2. The van der Waals surface area contributed by atoms with Crippen molar-refractivity contribution in [3.8, 4) is 0 Å². The van der Waals surface area contributed by atoms with Crippen molar-refractivity contribution in [1.82, 2.24) is 9.78 Å². The Bertz CT molecular complexity index is 1020. The molecule has 2 aromatic rings. The van der Waals surface area contributed by atoms with Crippen molar-refractivity contribution in [3.05, 3.63) is 47.3 Å². The summed E-state index contributed by atoms with van der Waals surface area (Å²) >= 11 is 0. The Morgan fingerprint density at radius 2 is 1.86 bits per heavy atom. The first kappa shape index (κ1) is 21.3. The molecule has 10 heteroatoms. The smallest absolute Gasteiger partial charge is 0.331 e. The number of carbonyl (C=O) groups excluding carboxylic acids is 2. The van der Waals surface area contributed by atoms with E-state index in [2.05, 4.69) is 10.4 Å². The van der Waals surface area contributed by atoms with Crippen LogP contribution >= 0.6 is 0 Å². The highest BCUT2D eigenvalue weighted by atomic mass is 32.2. The summed E-state index contributed by atoms with van der Waals surface area (Å²) in [5, 5.41) is 11.8. The lowest BCUT2D eigenvalue weighted by Gasteiger charge is -2.12. The van der Waals surface area contributed by atoms with Gasteiger partial charge >= 0.3 is 5.97 Å². The molecule has 0 spiro atoms. The van der Waals surface area contributed by atoms with Gasteiger partial charge in [0.2, 0.25) is 10.0 Å². The predicted molar refractivity (Wildman–Crippen MR) is 104 cm³/mol. The van der Waals surface area contributed by atoms with Gasteiger partial charge in [-0.1, -0.05) is 0 Å². The number of amides is 1. The molecule has 1 atom stereocenters. The Hall–Kier alpha value is -2.98. The van der Waals surface area contributed by atoms with E-state index in [-0.39, 0.29) is 4.90 Å². The number of anilines is 1. The number of sulfonamides is 1. The minimum Gasteiger partial charge on any atom is -0.449 e. The predicted octanol–water partition coefficient (Wildman–Crippen LogP) is 1.27. The molecule has 9 nitrogen and oxygen atoms in total. The zero-order valence-corrected chi connectivity index (χ0v) is 16.8. The van der Waals surface area contributed by atoms with Gasteiger partial charge in [0.05, 0.1) is 10.6 Å². The van der Waals surface area contributed by atoms with Gasteiger partial charge in [-0.25, -0.2) is 18.4 Å². The van der Waals surface area contributed by atoms with Crippen LogP contribution in [-0.2, 0) is 31.4 Å². The van der Waals surface area contributed by atoms with Crippen molar-refractivity contribution in [2.24, 2.45) is 12.2 Å². The van der Waals surface area contributed by atoms with Gasteiger partial charge in [-0.3, -0.25) is 9.48 Å². The number of aryl methyl sites for hydroxylation is 2. The molecule has 2 rings (SSSR count). The third-order valence-electron chi connectivity index (χ3n) is 4.06. The molecule has 1 aromatic carbocycles. The second kappa shape index (κ2) is 8.36. The maximum Gasteiger partial charge on any atom is 0.331 e. The zero-order valence-electron chi connectivity index (χ0n) is 16.0. The molecule has 0 aliphatic rings. The van der Waals surface area contributed by atoms with E-state index in [1.54, 1.807) is 17.8 Å². The SMILES string of the molecule is Cc1nn(C)c(C)c1/C=C/C(=O)O[C@H](C)C(=O)Nc1ccc(S(N)(=O)=O)cc1. The van der Waals surface area contributed by atoms with Gasteiger partial charge in [-0.15, -0.1) is 0 Å². The molecule has 28 heavy (non-hydrogen) atoms. The molecule has 1 aromatic heterocycles. The van der Waals surface area contributed by atoms with Crippen LogP contribution in [0, 0.1) is 13.8 Å². The molecule has 0 radical (unpaired) electrons. The van der Waals surface area contributed by atoms with Crippen molar-refractivity contribution in [3.63, 3.8) is 0 Å². The molecule has 1 heterocycles. The second-order valence-electron chi connectivity index (χ2n) is 6.18. The summed E-state index contributed by atoms with van der Waals surface area (Å²) in [6, 6.07) is 5.31. The number of esters is 1. The number of hydrogen-bond donors (Lipinski definition) is 2. The van der Waals surface area contributed by atoms with Crippen molar-refractivity contribution in [1.29, 1.82) is 0 Å². The van der Waals surface area contributed by atoms with E-state index >= 15 is 0 Å². The van der Waals surface area contributed by atoms with Gasteiger partial charge in [0.25, 0.3) is 5.91 Å². The van der Waals surface area contributed by atoms with Crippen LogP contribution in [0.5, 0.6) is 0 Å². The molecule has 0 unspecified atom stereocenters. The van der Waals surface area contributed by atoms with Crippen molar-refractivity contribution >= 4 is 33.7 Å². The van der Waals surface area contributed by atoms with Crippen LogP contribution in [0.2, 0.25) is 0 Å². The molecule has 1 amide bonds. The number of primary sulfonamides is 1. The van der Waals surface area contributed by atoms with Crippen LogP contribution in [0.15, 0.2) is 35.2 Å². The molecule has 0 bridgehead atoms. The summed E-state index contributed by atoms with van der Waals surface area (Å²) in [4.78, 5) is 24.0. The van der Waals surface area contributed by atoms with Crippen LogP contribution < -0.4 is 10.5 Å². The van der Waals surface area contributed by atoms with Gasteiger partial charge < -0.3 is 10.1 Å². The normalized spacial score (nSPS) is 12.8. The fourth-order valence-corrected chi connectivity index (χ4v) is 2.94. The van der Waals surface area contributed by atoms with Crippen molar-refractivity contribution in [2.75, 3.05) is 5.32 Å². The number of nitrogens with zero attached hydrogens (tertiary/aromatic N) is 2. The average molecular weight is 406 g/mol. The van der Waals surface area contributed by atoms with Crippen LogP contribution in [0.1, 0.15) is 23.9 Å². The number of ether oxygens (including phenoxy) is 1. The highest BCUT2D eigenvalue weighted by Gasteiger charge is 2.17. The minimum atomic E-state index is -3.81. The minimum absolute atomic E-state index is 0.0731. The van der Waals surface area contributed by atoms with Crippen LogP contribution in [0.4, 0.5) is 5.69 Å². The maximum absolute atomic E-state index is 12.1. The second-order valence-corrected chi connectivity index (χ2v) is 7.74. The van der Waals surface area contributed by atoms with E-state index < -0.39 is 28.0 Å². The first-order chi connectivity index (χ1) is 13.0. The van der Waals surface area contributed by atoms with Crippen LogP contribution in [0.25, 0.3) is 6.08 Å². The van der Waals surface area contributed by atoms with Crippen LogP contribution in [-0.4, -0.2) is 36.2 Å². The maximum atomic E-state index is 12.1. The van der Waals surface area contributed by atoms with Gasteiger partial charge in [-0.2, -0.15) is 5.10 Å². The highest BCUT2D eigenvalue weighted by molar-refractivity contribution is 7.89. The molecule has 0 saturated carbocycles. The summed E-state index contributed by atoms with van der Waals surface area (Å²) < 4.78 is 29.2. The summed E-state index contributed by atoms with van der Waals surface area (Å²) in [5.41, 5.74) is 2.83. The van der Waals surface area contributed by atoms with E-state index in [0.717, 1.165) is 17.0 Å². The Labute approximate surface area is 163 Å². The van der Waals surface area contributed by atoms with Gasteiger partial charge in [-0.05, 0) is 51.1 Å². The van der Waals surface area contributed by atoms with Gasteiger partial charge in [0.1, 0.15) is 0 Å². The van der Waals surface area contributed by atoms with Crippen molar-refractivity contribution < 1.29 is 22.7 Å².